The number of hydrogen-bond acceptors (Lipinski definition) is 8. The smallest absolute Gasteiger partial charge is 0.407 e. The number of fused-ring (bicyclic) bond motifs is 1. The van der Waals surface area contributed by atoms with E-state index in [-0.39, 0.29) is 36.4 Å². The molecule has 14 heteroatoms. The lowest BCUT2D eigenvalue weighted by Gasteiger charge is -2.38. The second-order valence-electron chi connectivity index (χ2n) is 14.7. The lowest BCUT2D eigenvalue weighted by Crippen LogP contribution is -2.54. The summed E-state index contributed by atoms with van der Waals surface area (Å²) in [5, 5.41) is 5.24. The number of nitrogens with zero attached hydrogens (tertiary/aromatic N) is 4. The molecule has 14 nitrogen and oxygen atoms in total. The van der Waals surface area contributed by atoms with Crippen molar-refractivity contribution in [2.75, 3.05) is 30.6 Å². The Morgan fingerprint density at radius 3 is 1.93 bits per heavy atom. The van der Waals surface area contributed by atoms with Gasteiger partial charge in [-0.05, 0) is 45.0 Å². The summed E-state index contributed by atoms with van der Waals surface area (Å²) in [7, 11) is 2.55. The minimum absolute atomic E-state index is 0.189. The predicted molar refractivity (Wildman–Crippen MR) is 216 cm³/mol. The van der Waals surface area contributed by atoms with Crippen molar-refractivity contribution in [2.45, 2.75) is 43.8 Å². The van der Waals surface area contributed by atoms with E-state index in [1.165, 1.54) is 14.2 Å². The van der Waals surface area contributed by atoms with Crippen LogP contribution >= 0.6 is 0 Å². The molecule has 0 fully saturated rings. The average Bonchev–Trinajstić information content (AvgIpc) is 4.08. The number of carbonyl (C=O) groups is 4. The topological polar surface area (TPSA) is 175 Å². The van der Waals surface area contributed by atoms with E-state index in [2.05, 4.69) is 54.6 Å². The lowest BCUT2D eigenvalue weighted by molar-refractivity contribution is -0.122. The summed E-state index contributed by atoms with van der Waals surface area (Å²) >= 11 is 0. The molecule has 4 aromatic carbocycles. The Balaban J connectivity index is 0.897. The lowest BCUT2D eigenvalue weighted by atomic mass is 9.86. The first-order valence-electron chi connectivity index (χ1n) is 19.0. The van der Waals surface area contributed by atoms with Gasteiger partial charge in [0.15, 0.2) is 0 Å². The predicted octanol–water partition coefficient (Wildman–Crippen LogP) is 6.59. The van der Waals surface area contributed by atoms with Crippen molar-refractivity contribution in [3.63, 3.8) is 0 Å². The quantitative estimate of drug-likeness (QED) is 0.134. The van der Waals surface area contributed by atoms with Crippen LogP contribution in [0.3, 0.4) is 0 Å². The van der Waals surface area contributed by atoms with Crippen LogP contribution in [-0.2, 0) is 31.9 Å². The molecule has 4 amide bonds. The summed E-state index contributed by atoms with van der Waals surface area (Å²) < 4.78 is 9.47. The highest BCUT2D eigenvalue weighted by molar-refractivity contribution is 6.05. The Morgan fingerprint density at radius 2 is 1.29 bits per heavy atom. The number of anilines is 2. The Labute approximate surface area is 333 Å². The molecule has 58 heavy (non-hydrogen) atoms. The van der Waals surface area contributed by atoms with E-state index in [0.29, 0.717) is 24.5 Å². The highest BCUT2D eigenvalue weighted by Crippen LogP contribution is 2.48. The van der Waals surface area contributed by atoms with Crippen LogP contribution in [0.4, 0.5) is 21.0 Å². The zero-order chi connectivity index (χ0) is 40.1. The van der Waals surface area contributed by atoms with E-state index in [0.717, 1.165) is 61.7 Å². The highest BCUT2D eigenvalue weighted by Gasteiger charge is 2.47. The number of aromatic nitrogens is 4. The number of nitrogens with one attached hydrogen (secondary N) is 4. The first-order valence-corrected chi connectivity index (χ1v) is 19.0. The van der Waals surface area contributed by atoms with Gasteiger partial charge in [-0.3, -0.25) is 19.4 Å². The van der Waals surface area contributed by atoms with Crippen LogP contribution in [0.5, 0.6) is 0 Å². The number of aromatic amines is 2. The molecule has 0 spiro atoms. The van der Waals surface area contributed by atoms with Crippen molar-refractivity contribution in [2.24, 2.45) is 0 Å². The van der Waals surface area contributed by atoms with E-state index < -0.39 is 18.2 Å². The second kappa shape index (κ2) is 14.7. The normalized spacial score (nSPS) is 19.1. The van der Waals surface area contributed by atoms with Gasteiger partial charge in [0.2, 0.25) is 5.91 Å². The maximum Gasteiger partial charge on any atom is 0.407 e. The molecule has 3 aliphatic heterocycles. The van der Waals surface area contributed by atoms with Crippen molar-refractivity contribution >= 4 is 35.4 Å². The van der Waals surface area contributed by atoms with Crippen LogP contribution in [0, 0.1) is 0 Å². The maximum absolute atomic E-state index is 13.9. The third-order valence-corrected chi connectivity index (χ3v) is 11.4. The zero-order valence-corrected chi connectivity index (χ0v) is 32.0. The molecule has 2 aromatic heterocycles. The van der Waals surface area contributed by atoms with E-state index >= 15 is 0 Å². The number of amides is 4. The number of imidazole rings is 2. The van der Waals surface area contributed by atoms with Gasteiger partial charge in [-0.2, -0.15) is 0 Å². The molecule has 0 radical (unpaired) electrons. The van der Waals surface area contributed by atoms with Gasteiger partial charge >= 0.3 is 12.2 Å². The summed E-state index contributed by atoms with van der Waals surface area (Å²) in [6, 6.07) is 28.7. The van der Waals surface area contributed by atoms with Crippen LogP contribution in [0.15, 0.2) is 103 Å². The van der Waals surface area contributed by atoms with Gasteiger partial charge in [0.25, 0.3) is 5.91 Å². The number of H-pyrrole nitrogens is 2. The fourth-order valence-electron chi connectivity index (χ4n) is 8.50. The molecule has 0 saturated heterocycles. The molecule has 5 heterocycles. The molecule has 6 aromatic rings. The van der Waals surface area contributed by atoms with Gasteiger partial charge in [0, 0.05) is 24.4 Å². The average molecular weight is 777 g/mol. The van der Waals surface area contributed by atoms with Gasteiger partial charge in [-0.25, -0.2) is 19.6 Å². The van der Waals surface area contributed by atoms with Crippen LogP contribution in [0.1, 0.15) is 53.3 Å². The van der Waals surface area contributed by atoms with Crippen molar-refractivity contribution in [3.8, 4) is 33.6 Å². The van der Waals surface area contributed by atoms with E-state index in [4.69, 9.17) is 9.72 Å². The number of carbonyl (C=O) groups excluding carboxylic acids is 4. The molecular weight excluding hydrogens is 737 g/mol. The first kappa shape index (κ1) is 36.4. The van der Waals surface area contributed by atoms with E-state index in [1.807, 2.05) is 73.7 Å². The number of rotatable bonds is 8. The highest BCUT2D eigenvalue weighted by atomic mass is 16.5. The number of hydrogen-bond donors (Lipinski definition) is 4. The third kappa shape index (κ3) is 6.32. The van der Waals surface area contributed by atoms with Crippen molar-refractivity contribution < 1.29 is 28.7 Å². The van der Waals surface area contributed by atoms with Gasteiger partial charge in [0.1, 0.15) is 24.2 Å². The number of methoxy groups -OCH3 is 2. The zero-order valence-electron chi connectivity index (χ0n) is 32.0. The van der Waals surface area contributed by atoms with Crippen LogP contribution in [-0.4, -0.2) is 70.7 Å². The van der Waals surface area contributed by atoms with Crippen molar-refractivity contribution in [1.29, 1.82) is 0 Å². The number of benzene rings is 4. The molecule has 0 saturated carbocycles. The first-order chi connectivity index (χ1) is 28.2. The van der Waals surface area contributed by atoms with Crippen LogP contribution < -0.4 is 20.4 Å². The van der Waals surface area contributed by atoms with Crippen LogP contribution in [0.25, 0.3) is 33.6 Å². The van der Waals surface area contributed by atoms with Gasteiger partial charge < -0.3 is 30.1 Å². The Morgan fingerprint density at radius 1 is 0.724 bits per heavy atom. The maximum atomic E-state index is 13.9. The third-order valence-electron chi connectivity index (χ3n) is 11.4. The minimum atomic E-state index is -0.758. The monoisotopic (exact) mass is 776 g/mol. The summed E-state index contributed by atoms with van der Waals surface area (Å²) in [6.45, 7) is 1.75. The second-order valence-corrected chi connectivity index (χ2v) is 14.7. The standard InChI is InChI=1S/C44H40N8O6/c1-24-31-9-6-8-30-20-36(52(39(30)31)42(54)38(24)50-44(56)58-3)41-46-22-33(49-41)28-17-13-26(14-18-28)25-11-15-27(16-12-25)32-21-45-40(48-32)35-19-29-7-4-5-10-34(29)51(35)37(53)23-47-43(55)57-2/h4-18,21-22,24,35-36,38H,19-20,23H2,1-3H3,(H,45,48)(H,46,49)(H,47,55)(H,50,56)/t24?,35-,36-,38-/m0/s1. The Hall–Kier alpha value is -7.22. The minimum Gasteiger partial charge on any atom is -0.453 e. The fourth-order valence-corrected chi connectivity index (χ4v) is 8.50. The molecule has 4 N–H and O–H groups in total. The van der Waals surface area contributed by atoms with Crippen molar-refractivity contribution in [3.05, 3.63) is 132 Å². The van der Waals surface area contributed by atoms with Gasteiger partial charge in [-0.15, -0.1) is 0 Å². The van der Waals surface area contributed by atoms with Gasteiger partial charge in [-0.1, -0.05) is 91.9 Å². The largest absolute Gasteiger partial charge is 0.453 e. The fraction of sp³-hybridized carbons (Fsp3) is 0.227. The number of para-hydroxylation sites is 2. The Kier molecular flexibility index (Phi) is 9.23. The van der Waals surface area contributed by atoms with E-state index in [9.17, 15) is 19.2 Å². The van der Waals surface area contributed by atoms with Gasteiger partial charge in [0.05, 0.1) is 55.8 Å². The molecule has 9 rings (SSSR count). The Bertz CT molecular complexity index is 2560. The molecule has 0 aliphatic carbocycles. The van der Waals surface area contributed by atoms with Crippen molar-refractivity contribution in [1.82, 2.24) is 30.6 Å². The summed E-state index contributed by atoms with van der Waals surface area (Å²) in [4.78, 5) is 70.9. The van der Waals surface area contributed by atoms with Crippen LogP contribution in [0.2, 0.25) is 0 Å². The molecule has 1 unspecified atom stereocenters. The molecule has 0 bridgehead atoms. The number of ether oxygens (including phenoxy) is 2. The SMILES string of the molecule is COC(=O)NCC(=O)N1c2ccccc2C[C@H]1c1ncc(-c2ccc(-c3ccc(-c4cnc([C@@H]5Cc6cccc7c6N5C(=O)[C@@H](NC(=O)OC)C7C)[nH]4)cc3)cc2)[nH]1. The summed E-state index contributed by atoms with van der Waals surface area (Å²) in [5.74, 6) is 0.653. The van der Waals surface area contributed by atoms with E-state index in [1.54, 1.807) is 22.2 Å². The summed E-state index contributed by atoms with van der Waals surface area (Å²) in [6.07, 6.45) is 3.45. The number of alkyl carbamates (subject to hydrolysis) is 2. The molecule has 4 atom stereocenters. The summed E-state index contributed by atoms with van der Waals surface area (Å²) in [5.41, 5.74) is 10.4. The molecular formula is C44H40N8O6. The molecule has 292 valence electrons. The molecule has 3 aliphatic rings.